The third-order valence-corrected chi connectivity index (χ3v) is 5.43. The Labute approximate surface area is 125 Å². The minimum Gasteiger partial charge on any atom is -0.358 e. The van der Waals surface area contributed by atoms with E-state index in [9.17, 15) is 8.42 Å². The Hall–Kier alpha value is -2.37. The molecule has 6 nitrogen and oxygen atoms in total. The van der Waals surface area contributed by atoms with Gasteiger partial charge in [-0.2, -0.15) is 9.64 Å². The SMILES string of the molecule is Cc1nscc1S(=O)(=O)Nc1cccc2c(C#N)c[nH]c12. The van der Waals surface area contributed by atoms with E-state index in [2.05, 4.69) is 20.1 Å². The average Bonchev–Trinajstić information content (AvgIpc) is 3.05. The summed E-state index contributed by atoms with van der Waals surface area (Å²) in [5, 5.41) is 11.2. The summed E-state index contributed by atoms with van der Waals surface area (Å²) in [5.41, 5.74) is 1.92. The van der Waals surface area contributed by atoms with E-state index in [0.29, 0.717) is 27.8 Å². The number of sulfonamides is 1. The van der Waals surface area contributed by atoms with Gasteiger partial charge in [-0.3, -0.25) is 4.72 Å². The molecule has 0 saturated carbocycles. The number of nitriles is 1. The van der Waals surface area contributed by atoms with E-state index in [1.54, 1.807) is 31.3 Å². The molecule has 21 heavy (non-hydrogen) atoms. The van der Waals surface area contributed by atoms with Crippen LogP contribution in [-0.4, -0.2) is 17.8 Å². The molecule has 0 fully saturated rings. The number of hydrogen-bond acceptors (Lipinski definition) is 5. The van der Waals surface area contributed by atoms with Gasteiger partial charge in [-0.25, -0.2) is 8.42 Å². The first-order valence-electron chi connectivity index (χ1n) is 5.97. The van der Waals surface area contributed by atoms with Gasteiger partial charge in [0.1, 0.15) is 11.0 Å². The summed E-state index contributed by atoms with van der Waals surface area (Å²) in [6.45, 7) is 1.65. The highest BCUT2D eigenvalue weighted by molar-refractivity contribution is 7.92. The molecule has 0 aliphatic rings. The highest BCUT2D eigenvalue weighted by Gasteiger charge is 2.20. The van der Waals surface area contributed by atoms with Crippen molar-refractivity contribution < 1.29 is 8.42 Å². The molecule has 0 spiro atoms. The second-order valence-electron chi connectivity index (χ2n) is 4.41. The number of benzene rings is 1. The molecule has 0 atom stereocenters. The molecule has 0 saturated heterocycles. The maximum atomic E-state index is 12.4. The lowest BCUT2D eigenvalue weighted by Gasteiger charge is -2.08. The number of fused-ring (bicyclic) bond motifs is 1. The molecule has 106 valence electrons. The van der Waals surface area contributed by atoms with Gasteiger partial charge in [-0.05, 0) is 24.5 Å². The van der Waals surface area contributed by atoms with Gasteiger partial charge in [0.05, 0.1) is 22.5 Å². The molecule has 3 rings (SSSR count). The predicted molar refractivity (Wildman–Crippen MR) is 80.7 cm³/mol. The average molecular weight is 318 g/mol. The smallest absolute Gasteiger partial charge is 0.264 e. The molecule has 3 aromatic rings. The van der Waals surface area contributed by atoms with Crippen molar-refractivity contribution in [1.29, 1.82) is 5.26 Å². The molecule has 8 heteroatoms. The summed E-state index contributed by atoms with van der Waals surface area (Å²) >= 11 is 1.09. The van der Waals surface area contributed by atoms with Crippen LogP contribution < -0.4 is 4.72 Å². The van der Waals surface area contributed by atoms with Crippen LogP contribution >= 0.6 is 11.5 Å². The maximum absolute atomic E-state index is 12.4. The zero-order chi connectivity index (χ0) is 15.0. The highest BCUT2D eigenvalue weighted by Crippen LogP contribution is 2.27. The molecule has 0 bridgehead atoms. The van der Waals surface area contributed by atoms with Gasteiger partial charge in [0, 0.05) is 17.0 Å². The van der Waals surface area contributed by atoms with E-state index in [1.165, 1.54) is 5.38 Å². The third kappa shape index (κ3) is 2.26. The van der Waals surface area contributed by atoms with Crippen LogP contribution in [0.2, 0.25) is 0 Å². The van der Waals surface area contributed by atoms with Gasteiger partial charge in [0.25, 0.3) is 10.0 Å². The number of aromatic nitrogens is 2. The fourth-order valence-corrected chi connectivity index (χ4v) is 4.35. The van der Waals surface area contributed by atoms with Gasteiger partial charge in [0.2, 0.25) is 0 Å². The fraction of sp³-hybridized carbons (Fsp3) is 0.0769. The molecule has 0 unspecified atom stereocenters. The van der Waals surface area contributed by atoms with Gasteiger partial charge in [-0.1, -0.05) is 12.1 Å². The van der Waals surface area contributed by atoms with E-state index in [0.717, 1.165) is 11.5 Å². The topological polar surface area (TPSA) is 98.6 Å². The monoisotopic (exact) mass is 318 g/mol. The standard InChI is InChI=1S/C13H10N4O2S2/c1-8-12(7-20-16-8)21(18,19)17-11-4-2-3-10-9(5-14)6-15-13(10)11/h2-4,6-7,15,17H,1H3. The molecule has 2 N–H and O–H groups in total. The third-order valence-electron chi connectivity index (χ3n) is 3.08. The van der Waals surface area contributed by atoms with Crippen LogP contribution in [0.15, 0.2) is 34.7 Å². The Bertz CT molecular complexity index is 964. The van der Waals surface area contributed by atoms with E-state index in [-0.39, 0.29) is 4.90 Å². The van der Waals surface area contributed by atoms with Crippen molar-refractivity contribution in [2.75, 3.05) is 4.72 Å². The fourth-order valence-electron chi connectivity index (χ4n) is 2.07. The molecule has 0 aliphatic carbocycles. The summed E-state index contributed by atoms with van der Waals surface area (Å²) in [6, 6.07) is 7.17. The number of nitrogens with zero attached hydrogens (tertiary/aromatic N) is 2. The van der Waals surface area contributed by atoms with Crippen molar-refractivity contribution in [1.82, 2.24) is 9.36 Å². The van der Waals surface area contributed by atoms with Gasteiger partial charge in [-0.15, -0.1) is 0 Å². The molecule has 2 heterocycles. The number of rotatable bonds is 3. The van der Waals surface area contributed by atoms with Crippen LogP contribution in [0, 0.1) is 18.3 Å². The number of aromatic amines is 1. The zero-order valence-corrected chi connectivity index (χ0v) is 12.5. The number of H-pyrrole nitrogens is 1. The highest BCUT2D eigenvalue weighted by atomic mass is 32.2. The second-order valence-corrected chi connectivity index (χ2v) is 6.69. The van der Waals surface area contributed by atoms with E-state index in [1.807, 2.05) is 0 Å². The van der Waals surface area contributed by atoms with Crippen molar-refractivity contribution >= 4 is 38.1 Å². The minimum absolute atomic E-state index is 0.163. The van der Waals surface area contributed by atoms with Crippen LogP contribution in [0.3, 0.4) is 0 Å². The molecular formula is C13H10N4O2S2. The number of hydrogen-bond donors (Lipinski definition) is 2. The minimum atomic E-state index is -3.69. The zero-order valence-electron chi connectivity index (χ0n) is 10.9. The van der Waals surface area contributed by atoms with Gasteiger partial charge in [0.15, 0.2) is 0 Å². The van der Waals surface area contributed by atoms with Crippen LogP contribution in [0.25, 0.3) is 10.9 Å². The molecule has 2 aromatic heterocycles. The number of nitrogens with one attached hydrogen (secondary N) is 2. The van der Waals surface area contributed by atoms with E-state index in [4.69, 9.17) is 5.26 Å². The van der Waals surface area contributed by atoms with Crippen LogP contribution in [0.4, 0.5) is 5.69 Å². The molecular weight excluding hydrogens is 308 g/mol. The van der Waals surface area contributed by atoms with Gasteiger partial charge < -0.3 is 4.98 Å². The van der Waals surface area contributed by atoms with Gasteiger partial charge >= 0.3 is 0 Å². The van der Waals surface area contributed by atoms with E-state index >= 15 is 0 Å². The summed E-state index contributed by atoms with van der Waals surface area (Å²) in [6.07, 6.45) is 1.56. The van der Waals surface area contributed by atoms with Crippen molar-refractivity contribution in [2.45, 2.75) is 11.8 Å². The Morgan fingerprint density at radius 3 is 2.90 bits per heavy atom. The first kappa shape index (κ1) is 13.6. The van der Waals surface area contributed by atoms with Crippen LogP contribution in [0.5, 0.6) is 0 Å². The van der Waals surface area contributed by atoms with E-state index < -0.39 is 10.0 Å². The summed E-state index contributed by atoms with van der Waals surface area (Å²) < 4.78 is 31.3. The largest absolute Gasteiger partial charge is 0.358 e. The Morgan fingerprint density at radius 2 is 2.24 bits per heavy atom. The van der Waals surface area contributed by atoms with Crippen molar-refractivity contribution in [2.24, 2.45) is 0 Å². The maximum Gasteiger partial charge on any atom is 0.264 e. The lowest BCUT2D eigenvalue weighted by Crippen LogP contribution is -2.13. The van der Waals surface area contributed by atoms with Crippen molar-refractivity contribution in [3.05, 3.63) is 41.0 Å². The molecule has 0 amide bonds. The van der Waals surface area contributed by atoms with Crippen LogP contribution in [-0.2, 0) is 10.0 Å². The number of anilines is 1. The Kier molecular flexibility index (Phi) is 3.16. The second kappa shape index (κ2) is 4.87. The quantitative estimate of drug-likeness (QED) is 0.775. The first-order chi connectivity index (χ1) is 10.0. The Balaban J connectivity index is 2.09. The summed E-state index contributed by atoms with van der Waals surface area (Å²) in [7, 11) is -3.69. The summed E-state index contributed by atoms with van der Waals surface area (Å²) in [4.78, 5) is 3.09. The van der Waals surface area contributed by atoms with Crippen LogP contribution in [0.1, 0.15) is 11.3 Å². The van der Waals surface area contributed by atoms with Crippen molar-refractivity contribution in [3.8, 4) is 6.07 Å². The normalized spacial score (nSPS) is 11.4. The number of aryl methyl sites for hydroxylation is 1. The molecule has 0 radical (unpaired) electrons. The Morgan fingerprint density at radius 1 is 1.43 bits per heavy atom. The lowest BCUT2D eigenvalue weighted by atomic mass is 10.2. The van der Waals surface area contributed by atoms with Crippen molar-refractivity contribution in [3.63, 3.8) is 0 Å². The first-order valence-corrected chi connectivity index (χ1v) is 8.29. The predicted octanol–water partition coefficient (Wildman–Crippen LogP) is 2.61. The molecule has 0 aliphatic heterocycles. The summed E-state index contributed by atoms with van der Waals surface area (Å²) in [5.74, 6) is 0. The molecule has 1 aromatic carbocycles. The number of para-hydroxylation sites is 1. The lowest BCUT2D eigenvalue weighted by molar-refractivity contribution is 0.601.